The lowest BCUT2D eigenvalue weighted by molar-refractivity contribution is -0.276. The van der Waals surface area contributed by atoms with Crippen molar-refractivity contribution in [3.63, 3.8) is 0 Å². The van der Waals surface area contributed by atoms with Gasteiger partial charge in [-0.25, -0.2) is 0 Å². The van der Waals surface area contributed by atoms with Crippen LogP contribution in [0.15, 0.2) is 41.6 Å². The molecule has 1 aliphatic heterocycles. The zero-order valence-electron chi connectivity index (χ0n) is 20.7. The van der Waals surface area contributed by atoms with Crippen LogP contribution in [-0.4, -0.2) is 42.0 Å². The molecule has 222 valence electrons. The highest BCUT2D eigenvalue weighted by Gasteiger charge is 2.64. The van der Waals surface area contributed by atoms with Gasteiger partial charge >= 0.3 is 18.5 Å². The SMILES string of the molecule is Cc1cc(C2=NOC(c3cc(Cl)cc(C(F)(F)F)c3)(C(F)(F)F)C2)ccc1C(=O)NCC(=O)NC1(C(F)(F)F)CC1. The van der Waals surface area contributed by atoms with Gasteiger partial charge < -0.3 is 15.5 Å². The number of alkyl halides is 9. The predicted molar refractivity (Wildman–Crippen MR) is 126 cm³/mol. The zero-order valence-corrected chi connectivity index (χ0v) is 21.5. The molecule has 2 amide bonds. The third-order valence-electron chi connectivity index (χ3n) is 6.76. The van der Waals surface area contributed by atoms with Gasteiger partial charge in [0, 0.05) is 22.6 Å². The predicted octanol–water partition coefficient (Wildman–Crippen LogP) is 6.19. The molecule has 16 heteroatoms. The van der Waals surface area contributed by atoms with Crippen LogP contribution < -0.4 is 10.6 Å². The molecule has 2 N–H and O–H groups in total. The number of hydrogen-bond acceptors (Lipinski definition) is 4. The first kappa shape index (κ1) is 30.5. The van der Waals surface area contributed by atoms with Gasteiger partial charge in [0.15, 0.2) is 0 Å². The second-order valence-electron chi connectivity index (χ2n) is 9.70. The van der Waals surface area contributed by atoms with Crippen molar-refractivity contribution in [2.24, 2.45) is 5.16 Å². The molecule has 1 heterocycles. The van der Waals surface area contributed by atoms with Crippen LogP contribution in [0.2, 0.25) is 5.02 Å². The van der Waals surface area contributed by atoms with Crippen molar-refractivity contribution in [1.82, 2.24) is 10.6 Å². The number of carbonyl (C=O) groups is 2. The van der Waals surface area contributed by atoms with Crippen molar-refractivity contribution in [3.05, 3.63) is 69.2 Å². The summed E-state index contributed by atoms with van der Waals surface area (Å²) in [6.07, 6.45) is -16.4. The molecule has 1 saturated carbocycles. The molecule has 0 aromatic heterocycles. The fourth-order valence-electron chi connectivity index (χ4n) is 4.31. The minimum Gasteiger partial charge on any atom is -0.374 e. The van der Waals surface area contributed by atoms with Crippen LogP contribution >= 0.6 is 11.6 Å². The Morgan fingerprint density at radius 1 is 0.976 bits per heavy atom. The average molecular weight is 616 g/mol. The Bertz CT molecular complexity index is 1420. The highest BCUT2D eigenvalue weighted by Crippen LogP contribution is 2.51. The number of halogens is 10. The largest absolute Gasteiger partial charge is 0.435 e. The van der Waals surface area contributed by atoms with Crippen LogP contribution in [0.1, 0.15) is 51.9 Å². The van der Waals surface area contributed by atoms with Gasteiger partial charge in [0.1, 0.15) is 5.54 Å². The summed E-state index contributed by atoms with van der Waals surface area (Å²) in [4.78, 5) is 29.2. The van der Waals surface area contributed by atoms with Crippen molar-refractivity contribution in [2.75, 3.05) is 6.54 Å². The smallest absolute Gasteiger partial charge is 0.374 e. The van der Waals surface area contributed by atoms with Crippen LogP contribution in [0.25, 0.3) is 0 Å². The van der Waals surface area contributed by atoms with E-state index in [0.29, 0.717) is 12.1 Å². The number of carbonyl (C=O) groups excluding carboxylic acids is 2. The fourth-order valence-corrected chi connectivity index (χ4v) is 4.55. The molecular weight excluding hydrogens is 597 g/mol. The van der Waals surface area contributed by atoms with Gasteiger partial charge in [-0.15, -0.1) is 0 Å². The van der Waals surface area contributed by atoms with E-state index in [1.54, 1.807) is 0 Å². The number of rotatable bonds is 6. The van der Waals surface area contributed by atoms with Gasteiger partial charge in [0.25, 0.3) is 11.5 Å². The summed E-state index contributed by atoms with van der Waals surface area (Å²) in [7, 11) is 0. The maximum atomic E-state index is 14.3. The topological polar surface area (TPSA) is 79.8 Å². The van der Waals surface area contributed by atoms with E-state index < -0.39 is 70.6 Å². The summed E-state index contributed by atoms with van der Waals surface area (Å²) in [6, 6.07) is 5.13. The van der Waals surface area contributed by atoms with Gasteiger partial charge in [-0.05, 0) is 61.2 Å². The van der Waals surface area contributed by atoms with Crippen LogP contribution in [-0.2, 0) is 21.4 Å². The van der Waals surface area contributed by atoms with E-state index in [0.717, 1.165) is 0 Å². The van der Waals surface area contributed by atoms with Crippen LogP contribution in [0.5, 0.6) is 0 Å². The lowest BCUT2D eigenvalue weighted by atomic mass is 9.85. The van der Waals surface area contributed by atoms with Gasteiger partial charge in [0.2, 0.25) is 5.91 Å². The Hall–Kier alpha value is -3.49. The molecule has 2 aromatic carbocycles. The Morgan fingerprint density at radius 2 is 1.63 bits per heavy atom. The molecule has 0 spiro atoms. The van der Waals surface area contributed by atoms with E-state index in [1.165, 1.54) is 25.1 Å². The molecule has 1 atom stereocenters. The first-order valence-electron chi connectivity index (χ1n) is 11.7. The molecule has 0 radical (unpaired) electrons. The van der Waals surface area contributed by atoms with E-state index in [4.69, 9.17) is 16.4 Å². The summed E-state index contributed by atoms with van der Waals surface area (Å²) in [5, 5.41) is 6.92. The number of nitrogens with one attached hydrogen (secondary N) is 2. The van der Waals surface area contributed by atoms with Crippen LogP contribution in [0.3, 0.4) is 0 Å². The van der Waals surface area contributed by atoms with E-state index in [9.17, 15) is 49.1 Å². The van der Waals surface area contributed by atoms with Crippen molar-refractivity contribution in [3.8, 4) is 0 Å². The van der Waals surface area contributed by atoms with Gasteiger partial charge in [-0.2, -0.15) is 39.5 Å². The number of nitrogens with zero attached hydrogens (tertiary/aromatic N) is 1. The molecule has 1 unspecified atom stereocenters. The molecule has 6 nitrogen and oxygen atoms in total. The first-order chi connectivity index (χ1) is 18.8. The maximum absolute atomic E-state index is 14.3. The summed E-state index contributed by atoms with van der Waals surface area (Å²) < 4.78 is 122. The Kier molecular flexibility index (Phi) is 7.51. The maximum Gasteiger partial charge on any atom is 0.435 e. The number of benzene rings is 2. The van der Waals surface area contributed by atoms with Crippen LogP contribution in [0, 0.1) is 6.92 Å². The molecule has 0 saturated heterocycles. The highest BCUT2D eigenvalue weighted by molar-refractivity contribution is 6.30. The quantitative estimate of drug-likeness (QED) is 0.381. The summed E-state index contributed by atoms with van der Waals surface area (Å²) >= 11 is 5.69. The molecule has 41 heavy (non-hydrogen) atoms. The Labute approximate surface area is 230 Å². The second kappa shape index (κ2) is 10.1. The molecule has 1 aliphatic carbocycles. The zero-order chi connectivity index (χ0) is 30.6. The fraction of sp³-hybridized carbons (Fsp3) is 0.400. The molecule has 1 fully saturated rings. The number of amides is 2. The Morgan fingerprint density at radius 3 is 2.17 bits per heavy atom. The molecule has 4 rings (SSSR count). The second-order valence-corrected chi connectivity index (χ2v) is 10.1. The van der Waals surface area contributed by atoms with E-state index >= 15 is 0 Å². The monoisotopic (exact) mass is 615 g/mol. The first-order valence-corrected chi connectivity index (χ1v) is 12.1. The standard InChI is InChI=1S/C25H19ClF9N3O3/c1-12-6-13(2-3-17(12)20(40)36-11-19(39)37-21(4-5-21)24(30,31)32)18-10-22(41-38-18,25(33,34)35)14-7-15(23(27,28)29)9-16(26)8-14/h2-3,6-9H,4-5,10-11H2,1H3,(H,36,40)(H,37,39). The van der Waals surface area contributed by atoms with E-state index in [2.05, 4.69) is 10.5 Å². The summed E-state index contributed by atoms with van der Waals surface area (Å²) in [5.41, 5.74) is -7.97. The highest BCUT2D eigenvalue weighted by atomic mass is 35.5. The van der Waals surface area contributed by atoms with Crippen LogP contribution in [0.4, 0.5) is 39.5 Å². The average Bonchev–Trinajstić information content (AvgIpc) is 3.48. The van der Waals surface area contributed by atoms with Crippen molar-refractivity contribution >= 4 is 29.1 Å². The normalized spacial score (nSPS) is 20.2. The lowest BCUT2D eigenvalue weighted by Gasteiger charge is -2.30. The molecule has 2 aliphatic rings. The number of hydrogen-bond donors (Lipinski definition) is 2. The minimum atomic E-state index is -5.22. The number of oxime groups is 1. The summed E-state index contributed by atoms with van der Waals surface area (Å²) in [6.45, 7) is 0.646. The van der Waals surface area contributed by atoms with E-state index in [1.807, 2.05) is 5.32 Å². The lowest BCUT2D eigenvalue weighted by Crippen LogP contribution is -2.50. The van der Waals surface area contributed by atoms with Crippen molar-refractivity contribution in [1.29, 1.82) is 0 Å². The minimum absolute atomic E-state index is 0.0373. The van der Waals surface area contributed by atoms with Gasteiger partial charge in [0.05, 0.1) is 17.8 Å². The number of aryl methyl sites for hydroxylation is 1. The third kappa shape index (κ3) is 5.95. The third-order valence-corrected chi connectivity index (χ3v) is 6.98. The summed E-state index contributed by atoms with van der Waals surface area (Å²) in [5.74, 6) is -1.90. The molecule has 2 aromatic rings. The van der Waals surface area contributed by atoms with Gasteiger partial charge in [-0.1, -0.05) is 22.8 Å². The van der Waals surface area contributed by atoms with Crippen molar-refractivity contribution in [2.45, 2.75) is 55.9 Å². The van der Waals surface area contributed by atoms with Crippen molar-refractivity contribution < 1.29 is 53.9 Å². The van der Waals surface area contributed by atoms with Gasteiger partial charge in [-0.3, -0.25) is 9.59 Å². The Balaban J connectivity index is 1.50. The molecule has 0 bridgehead atoms. The molecular formula is C25H19ClF9N3O3. The van der Waals surface area contributed by atoms with E-state index in [-0.39, 0.29) is 41.3 Å².